The predicted molar refractivity (Wildman–Crippen MR) is 94.7 cm³/mol. The molecule has 0 spiro atoms. The number of benzene rings is 2. The molecule has 0 aliphatic heterocycles. The third-order valence-electron chi connectivity index (χ3n) is 4.01. The van der Waals surface area contributed by atoms with Gasteiger partial charge in [0.15, 0.2) is 0 Å². The van der Waals surface area contributed by atoms with Crippen LogP contribution in [0.15, 0.2) is 48.7 Å². The average Bonchev–Trinajstić information content (AvgIpc) is 2.51. The Bertz CT molecular complexity index is 855. The molecule has 1 heterocycles. The highest BCUT2D eigenvalue weighted by Gasteiger charge is 2.11. The van der Waals surface area contributed by atoms with Crippen molar-refractivity contribution in [2.45, 2.75) is 27.2 Å². The first-order valence-electron chi connectivity index (χ1n) is 7.75. The number of carbonyl (C=O) groups excluding carboxylic acids is 1. The minimum absolute atomic E-state index is 0.0155. The van der Waals surface area contributed by atoms with Gasteiger partial charge in [0.25, 0.3) is 0 Å². The molecule has 0 aliphatic carbocycles. The van der Waals surface area contributed by atoms with Crippen LogP contribution in [-0.4, -0.2) is 10.9 Å². The molecule has 1 amide bonds. The molecule has 2 aromatic carbocycles. The minimum atomic E-state index is -0.0155. The van der Waals surface area contributed by atoms with E-state index < -0.39 is 0 Å². The molecule has 3 nitrogen and oxygen atoms in total. The Balaban J connectivity index is 1.85. The first kappa shape index (κ1) is 15.2. The minimum Gasteiger partial charge on any atom is -0.325 e. The largest absolute Gasteiger partial charge is 0.325 e. The number of anilines is 1. The highest BCUT2D eigenvalue weighted by Crippen LogP contribution is 2.23. The fraction of sp³-hybridized carbons (Fsp3) is 0.200. The maximum Gasteiger partial charge on any atom is 0.228 e. The summed E-state index contributed by atoms with van der Waals surface area (Å²) < 4.78 is 0. The molecule has 1 aromatic heterocycles. The lowest BCUT2D eigenvalue weighted by molar-refractivity contribution is -0.115. The number of hydrogen-bond donors (Lipinski definition) is 1. The molecule has 23 heavy (non-hydrogen) atoms. The Morgan fingerprint density at radius 3 is 2.48 bits per heavy atom. The topological polar surface area (TPSA) is 42.0 Å². The van der Waals surface area contributed by atoms with Gasteiger partial charge in [-0.05, 0) is 43.5 Å². The molecule has 0 radical (unpaired) electrons. The lowest BCUT2D eigenvalue weighted by Gasteiger charge is -2.13. The summed E-state index contributed by atoms with van der Waals surface area (Å²) in [6.45, 7) is 6.11. The number of rotatable bonds is 3. The van der Waals surface area contributed by atoms with Gasteiger partial charge in [-0.1, -0.05) is 42.0 Å². The fourth-order valence-corrected chi connectivity index (χ4v) is 3.04. The predicted octanol–water partition coefficient (Wildman–Crippen LogP) is 4.34. The molecular formula is C20H20N2O. The van der Waals surface area contributed by atoms with Crippen LogP contribution < -0.4 is 5.32 Å². The second kappa shape index (κ2) is 6.21. The summed E-state index contributed by atoms with van der Waals surface area (Å²) in [6, 6.07) is 14.0. The van der Waals surface area contributed by atoms with E-state index in [1.54, 1.807) is 6.20 Å². The van der Waals surface area contributed by atoms with E-state index >= 15 is 0 Å². The van der Waals surface area contributed by atoms with Gasteiger partial charge in [0.05, 0.1) is 11.9 Å². The third kappa shape index (κ3) is 3.24. The summed E-state index contributed by atoms with van der Waals surface area (Å²) in [7, 11) is 0. The highest BCUT2D eigenvalue weighted by atomic mass is 16.1. The van der Waals surface area contributed by atoms with E-state index in [-0.39, 0.29) is 5.91 Å². The Morgan fingerprint density at radius 1 is 1.04 bits per heavy atom. The number of hydrogen-bond acceptors (Lipinski definition) is 2. The number of fused-ring (bicyclic) bond motifs is 1. The maximum absolute atomic E-state index is 12.5. The van der Waals surface area contributed by atoms with Crippen molar-refractivity contribution in [1.82, 2.24) is 4.98 Å². The van der Waals surface area contributed by atoms with Crippen molar-refractivity contribution in [2.75, 3.05) is 5.32 Å². The Morgan fingerprint density at radius 2 is 1.74 bits per heavy atom. The number of aromatic nitrogens is 1. The van der Waals surface area contributed by atoms with E-state index in [0.29, 0.717) is 6.42 Å². The van der Waals surface area contributed by atoms with Crippen LogP contribution in [0.4, 0.5) is 5.69 Å². The summed E-state index contributed by atoms with van der Waals surface area (Å²) in [5.41, 5.74) is 6.13. The lowest BCUT2D eigenvalue weighted by Crippen LogP contribution is -2.16. The molecule has 1 N–H and O–H groups in total. The van der Waals surface area contributed by atoms with Crippen molar-refractivity contribution in [3.05, 3.63) is 70.9 Å². The van der Waals surface area contributed by atoms with E-state index in [1.165, 1.54) is 5.56 Å². The highest BCUT2D eigenvalue weighted by molar-refractivity contribution is 5.96. The first-order chi connectivity index (χ1) is 11.0. The molecule has 3 rings (SSSR count). The summed E-state index contributed by atoms with van der Waals surface area (Å²) in [5.74, 6) is -0.0155. The normalized spacial score (nSPS) is 10.7. The summed E-state index contributed by atoms with van der Waals surface area (Å²) in [6.07, 6.45) is 2.08. The zero-order chi connectivity index (χ0) is 16.4. The SMILES string of the molecule is Cc1cc(C)c(NC(=O)Cc2cccc3cccnc23)c(C)c1. The van der Waals surface area contributed by atoms with Crippen LogP contribution in [-0.2, 0) is 11.2 Å². The zero-order valence-electron chi connectivity index (χ0n) is 13.7. The Labute approximate surface area is 136 Å². The van der Waals surface area contributed by atoms with Crippen LogP contribution in [0.25, 0.3) is 10.9 Å². The Hall–Kier alpha value is -2.68. The van der Waals surface area contributed by atoms with Gasteiger partial charge in [0.1, 0.15) is 0 Å². The van der Waals surface area contributed by atoms with Crippen molar-refractivity contribution in [3.63, 3.8) is 0 Å². The van der Waals surface area contributed by atoms with Crippen molar-refractivity contribution < 1.29 is 4.79 Å². The quantitative estimate of drug-likeness (QED) is 0.782. The molecule has 0 bridgehead atoms. The second-order valence-electron chi connectivity index (χ2n) is 5.99. The molecular weight excluding hydrogens is 284 g/mol. The fourth-order valence-electron chi connectivity index (χ4n) is 3.04. The van der Waals surface area contributed by atoms with Crippen LogP contribution in [0.2, 0.25) is 0 Å². The van der Waals surface area contributed by atoms with Gasteiger partial charge < -0.3 is 5.32 Å². The van der Waals surface area contributed by atoms with E-state index in [2.05, 4.69) is 29.4 Å². The number of amides is 1. The van der Waals surface area contributed by atoms with Gasteiger partial charge in [-0.15, -0.1) is 0 Å². The Kier molecular flexibility index (Phi) is 4.11. The van der Waals surface area contributed by atoms with E-state index in [4.69, 9.17) is 0 Å². The van der Waals surface area contributed by atoms with Crippen molar-refractivity contribution >= 4 is 22.5 Å². The van der Waals surface area contributed by atoms with Crippen LogP contribution in [0.3, 0.4) is 0 Å². The van der Waals surface area contributed by atoms with Crippen molar-refractivity contribution in [3.8, 4) is 0 Å². The second-order valence-corrected chi connectivity index (χ2v) is 5.99. The molecule has 0 atom stereocenters. The molecule has 0 saturated carbocycles. The van der Waals surface area contributed by atoms with Crippen LogP contribution in [0.1, 0.15) is 22.3 Å². The molecule has 0 unspecified atom stereocenters. The zero-order valence-corrected chi connectivity index (χ0v) is 13.7. The standard InChI is InChI=1S/C20H20N2O/c1-13-10-14(2)19(15(3)11-13)22-18(23)12-17-7-4-6-16-8-5-9-21-20(16)17/h4-11H,12H2,1-3H3,(H,22,23). The van der Waals surface area contributed by atoms with Gasteiger partial charge in [0, 0.05) is 17.3 Å². The van der Waals surface area contributed by atoms with Gasteiger partial charge >= 0.3 is 0 Å². The molecule has 116 valence electrons. The number of carbonyl (C=O) groups is 1. The molecule has 0 fully saturated rings. The van der Waals surface area contributed by atoms with Gasteiger partial charge in [-0.25, -0.2) is 0 Å². The van der Waals surface area contributed by atoms with Crippen LogP contribution in [0, 0.1) is 20.8 Å². The summed E-state index contributed by atoms with van der Waals surface area (Å²) in [5, 5.41) is 4.11. The van der Waals surface area contributed by atoms with E-state index in [9.17, 15) is 4.79 Å². The van der Waals surface area contributed by atoms with Crippen molar-refractivity contribution in [2.24, 2.45) is 0 Å². The average molecular weight is 304 g/mol. The number of pyridine rings is 1. The maximum atomic E-state index is 12.5. The molecule has 0 saturated heterocycles. The molecule has 0 aliphatic rings. The van der Waals surface area contributed by atoms with Gasteiger partial charge in [-0.2, -0.15) is 0 Å². The monoisotopic (exact) mass is 304 g/mol. The number of aryl methyl sites for hydroxylation is 3. The molecule has 3 aromatic rings. The summed E-state index contributed by atoms with van der Waals surface area (Å²) >= 11 is 0. The number of nitrogens with one attached hydrogen (secondary N) is 1. The van der Waals surface area contributed by atoms with Gasteiger partial charge in [-0.3, -0.25) is 9.78 Å². The van der Waals surface area contributed by atoms with Crippen LogP contribution in [0.5, 0.6) is 0 Å². The van der Waals surface area contributed by atoms with Gasteiger partial charge in [0.2, 0.25) is 5.91 Å². The van der Waals surface area contributed by atoms with E-state index in [0.717, 1.165) is 33.3 Å². The lowest BCUT2D eigenvalue weighted by atomic mass is 10.0. The van der Waals surface area contributed by atoms with E-state index in [1.807, 2.05) is 44.2 Å². The van der Waals surface area contributed by atoms with Crippen molar-refractivity contribution in [1.29, 1.82) is 0 Å². The summed E-state index contributed by atoms with van der Waals surface area (Å²) in [4.78, 5) is 16.9. The van der Waals surface area contributed by atoms with Crippen LogP contribution >= 0.6 is 0 Å². The third-order valence-corrected chi connectivity index (χ3v) is 4.01. The number of nitrogens with zero attached hydrogens (tertiary/aromatic N) is 1. The molecule has 3 heteroatoms. The number of para-hydroxylation sites is 1. The first-order valence-corrected chi connectivity index (χ1v) is 7.75. The smallest absolute Gasteiger partial charge is 0.228 e.